The highest BCUT2D eigenvalue weighted by Crippen LogP contribution is 2.62. The molecule has 0 aromatic heterocycles. The Morgan fingerprint density at radius 2 is 1.52 bits per heavy atom. The van der Waals surface area contributed by atoms with Crippen LogP contribution in [-0.2, 0) is 52.4 Å². The van der Waals surface area contributed by atoms with Gasteiger partial charge in [-0.25, -0.2) is 0 Å². The summed E-state index contributed by atoms with van der Waals surface area (Å²) in [6, 6.07) is 0. The van der Waals surface area contributed by atoms with Gasteiger partial charge in [0.15, 0.2) is 23.9 Å². The van der Waals surface area contributed by atoms with Crippen molar-refractivity contribution in [3.05, 3.63) is 24.3 Å². The lowest BCUT2D eigenvalue weighted by molar-refractivity contribution is -0.278. The van der Waals surface area contributed by atoms with Gasteiger partial charge in [0.25, 0.3) is 0 Å². The largest absolute Gasteiger partial charge is 0.459 e. The van der Waals surface area contributed by atoms with E-state index in [2.05, 4.69) is 6.58 Å². The molecule has 1 unspecified atom stereocenters. The molecule has 2 heterocycles. The Balaban J connectivity index is 2.13. The van der Waals surface area contributed by atoms with Crippen molar-refractivity contribution >= 4 is 41.4 Å². The van der Waals surface area contributed by atoms with Crippen molar-refractivity contribution in [3.63, 3.8) is 0 Å². The molecule has 2 N–H and O–H groups in total. The Bertz CT molecular complexity index is 1230. The average Bonchev–Trinajstić information content (AvgIpc) is 3.64. The van der Waals surface area contributed by atoms with Gasteiger partial charge in [0, 0.05) is 33.6 Å². The minimum Gasteiger partial charge on any atom is -0.459 e. The third-order valence-corrected chi connectivity index (χ3v) is 9.31. The smallest absolute Gasteiger partial charge is 0.312 e. The molecule has 2 aliphatic carbocycles. The second-order valence-corrected chi connectivity index (χ2v) is 12.0. The number of alkyl halides is 1. The fraction of sp³-hybridized carbons (Fsp3) is 0.679. The number of aliphatic hydroxyl groups excluding tert-OH is 1. The number of hydrogen-bond donors (Lipinski definition) is 2. The van der Waals surface area contributed by atoms with E-state index < -0.39 is 100 Å². The summed E-state index contributed by atoms with van der Waals surface area (Å²) in [5.41, 5.74) is -5.74. The molecule has 0 radical (unpaired) electrons. The van der Waals surface area contributed by atoms with Crippen LogP contribution in [0.15, 0.2) is 24.3 Å². The molecular weight excluding hydrogens is 580 g/mol. The van der Waals surface area contributed by atoms with E-state index in [1.54, 1.807) is 0 Å². The van der Waals surface area contributed by atoms with E-state index in [9.17, 15) is 34.2 Å². The first-order valence-electron chi connectivity index (χ1n) is 13.4. The van der Waals surface area contributed by atoms with Crippen molar-refractivity contribution in [1.82, 2.24) is 0 Å². The predicted molar refractivity (Wildman–Crippen MR) is 140 cm³/mol. The van der Waals surface area contributed by atoms with Crippen LogP contribution in [0, 0.1) is 17.3 Å². The Hall–Kier alpha value is -3.00. The van der Waals surface area contributed by atoms with Gasteiger partial charge in [-0.1, -0.05) is 19.6 Å². The van der Waals surface area contributed by atoms with Gasteiger partial charge in [-0.15, -0.1) is 11.6 Å². The molecule has 42 heavy (non-hydrogen) atoms. The van der Waals surface area contributed by atoms with E-state index in [1.165, 1.54) is 26.0 Å². The van der Waals surface area contributed by atoms with Gasteiger partial charge in [-0.2, -0.15) is 0 Å². The third kappa shape index (κ3) is 4.89. The van der Waals surface area contributed by atoms with E-state index in [1.807, 2.05) is 0 Å². The van der Waals surface area contributed by atoms with Crippen molar-refractivity contribution in [1.29, 1.82) is 0 Å². The number of halogens is 1. The van der Waals surface area contributed by atoms with Crippen LogP contribution in [0.5, 0.6) is 0 Å². The number of rotatable bonds is 4. The first-order chi connectivity index (χ1) is 19.4. The predicted octanol–water partition coefficient (Wildman–Crippen LogP) is 0.505. The summed E-state index contributed by atoms with van der Waals surface area (Å²) in [5.74, 6) is -6.93. The summed E-state index contributed by atoms with van der Waals surface area (Å²) in [6.07, 6.45) is -6.67. The summed E-state index contributed by atoms with van der Waals surface area (Å²) in [5, 5.41) is 23.0. The SMILES string of the molecule is C=C1/C=C\[C@H](OC(C)=O)[C@@]2(C)[C@@H](OC(C)=O)[C@@H](OC(C)=O)[C@@H](O)C3(CO3)[C@@H]2[C@H](OC(C)=O)[C@]2(O)[C@@H](C)C(=O)O[C@H]2[C@H]1Cl. The lowest BCUT2D eigenvalue weighted by Crippen LogP contribution is -2.76. The molecule has 14 heteroatoms. The van der Waals surface area contributed by atoms with Crippen LogP contribution in [0.2, 0.25) is 0 Å². The average molecular weight is 615 g/mol. The summed E-state index contributed by atoms with van der Waals surface area (Å²) in [7, 11) is 0. The molecule has 12 atom stereocenters. The van der Waals surface area contributed by atoms with Crippen LogP contribution in [0.1, 0.15) is 41.5 Å². The minimum atomic E-state index is -2.37. The number of carbonyl (C=O) groups is 5. The maximum atomic E-state index is 13.0. The van der Waals surface area contributed by atoms with Crippen LogP contribution in [-0.4, -0.2) is 99.9 Å². The summed E-state index contributed by atoms with van der Waals surface area (Å²) in [4.78, 5) is 62.9. The number of hydrogen-bond acceptors (Lipinski definition) is 13. The molecule has 0 aromatic rings. The molecule has 232 valence electrons. The maximum Gasteiger partial charge on any atom is 0.312 e. The fourth-order valence-electron chi connectivity index (χ4n) is 6.85. The Morgan fingerprint density at radius 3 is 2.02 bits per heavy atom. The van der Waals surface area contributed by atoms with Gasteiger partial charge in [0.2, 0.25) is 0 Å². The first-order valence-corrected chi connectivity index (χ1v) is 13.8. The highest BCUT2D eigenvalue weighted by atomic mass is 35.5. The molecule has 2 saturated heterocycles. The third-order valence-electron chi connectivity index (χ3n) is 8.80. The highest BCUT2D eigenvalue weighted by molar-refractivity contribution is 6.23. The van der Waals surface area contributed by atoms with Gasteiger partial charge in [-0.3, -0.25) is 24.0 Å². The van der Waals surface area contributed by atoms with E-state index in [4.69, 9.17) is 40.0 Å². The van der Waals surface area contributed by atoms with Gasteiger partial charge in [-0.05, 0) is 18.6 Å². The number of esters is 5. The number of aliphatic hydroxyl groups is 2. The second-order valence-electron chi connectivity index (χ2n) is 11.5. The second kappa shape index (κ2) is 10.9. The molecule has 4 aliphatic rings. The van der Waals surface area contributed by atoms with E-state index in [0.717, 1.165) is 27.7 Å². The van der Waals surface area contributed by atoms with Crippen LogP contribution >= 0.6 is 11.6 Å². The maximum absolute atomic E-state index is 13.0. The lowest BCUT2D eigenvalue weighted by atomic mass is 9.51. The highest BCUT2D eigenvalue weighted by Gasteiger charge is 2.80. The molecule has 13 nitrogen and oxygen atoms in total. The van der Waals surface area contributed by atoms with Crippen molar-refractivity contribution in [2.75, 3.05) is 6.61 Å². The molecule has 1 spiro atoms. The molecular formula is C28H35ClO13. The van der Waals surface area contributed by atoms with E-state index in [-0.39, 0.29) is 12.2 Å². The molecule has 2 aliphatic heterocycles. The van der Waals surface area contributed by atoms with Crippen LogP contribution in [0.3, 0.4) is 0 Å². The van der Waals surface area contributed by atoms with Crippen LogP contribution in [0.4, 0.5) is 0 Å². The number of carbonyl (C=O) groups excluding carboxylic acids is 5. The van der Waals surface area contributed by atoms with Crippen LogP contribution in [0.25, 0.3) is 0 Å². The first kappa shape index (κ1) is 31.9. The topological polar surface area (TPSA) is 184 Å². The van der Waals surface area contributed by atoms with Crippen molar-refractivity contribution < 1.29 is 62.6 Å². The molecule has 3 fully saturated rings. The van der Waals surface area contributed by atoms with Gasteiger partial charge in [0.1, 0.15) is 23.9 Å². The zero-order valence-corrected chi connectivity index (χ0v) is 24.8. The standard InChI is InChI=1S/C28H35ClO13/c1-11-8-9-17(38-13(3)30)26(7)20(24(41-16(6)33)28(36)12(2)25(35)42-22(28)18(11)29)27(10-37-27)21(34)19(39-14(4)31)23(26)40-15(5)32/h8-9,12,17-24,34,36H,1,10H2,2-7H3/b9-8-/t12-,17-,18-,19-,20+,21+,22-,23-,24-,26+,27?,28-/m0/s1. The Labute approximate surface area is 247 Å². The van der Waals surface area contributed by atoms with Gasteiger partial charge >= 0.3 is 29.8 Å². The number of epoxide rings is 1. The Morgan fingerprint density at radius 1 is 1.00 bits per heavy atom. The van der Waals surface area contributed by atoms with Crippen molar-refractivity contribution in [3.8, 4) is 0 Å². The number of allylic oxidation sites excluding steroid dienone is 1. The Kier molecular flexibility index (Phi) is 8.31. The van der Waals surface area contributed by atoms with E-state index >= 15 is 0 Å². The van der Waals surface area contributed by atoms with Gasteiger partial charge in [0.05, 0.1) is 23.3 Å². The lowest BCUT2D eigenvalue weighted by Gasteiger charge is -2.59. The quantitative estimate of drug-likeness (QED) is 0.193. The summed E-state index contributed by atoms with van der Waals surface area (Å²) < 4.78 is 34.2. The molecule has 0 amide bonds. The molecule has 0 bridgehead atoms. The number of ether oxygens (including phenoxy) is 6. The summed E-state index contributed by atoms with van der Waals surface area (Å²) >= 11 is 6.71. The van der Waals surface area contributed by atoms with E-state index in [0.29, 0.717) is 0 Å². The normalized spacial score (nSPS) is 45.0. The minimum absolute atomic E-state index is 0.136. The molecule has 4 rings (SSSR count). The molecule has 1 saturated carbocycles. The van der Waals surface area contributed by atoms with Crippen molar-refractivity contribution in [2.45, 2.75) is 94.7 Å². The zero-order valence-electron chi connectivity index (χ0n) is 24.0. The zero-order chi connectivity index (χ0) is 31.5. The van der Waals surface area contributed by atoms with Gasteiger partial charge < -0.3 is 38.6 Å². The fourth-order valence-corrected chi connectivity index (χ4v) is 7.17. The van der Waals surface area contributed by atoms with Crippen molar-refractivity contribution in [2.24, 2.45) is 17.3 Å². The summed E-state index contributed by atoms with van der Waals surface area (Å²) in [6.45, 7) is 11.0. The monoisotopic (exact) mass is 614 g/mol. The number of fused-ring (bicyclic) bond motifs is 3. The molecule has 0 aromatic carbocycles. The van der Waals surface area contributed by atoms with Crippen LogP contribution < -0.4 is 0 Å².